The van der Waals surface area contributed by atoms with Crippen LogP contribution in [0.3, 0.4) is 0 Å². The van der Waals surface area contributed by atoms with Crippen LogP contribution < -0.4 is 19.5 Å². The standard InChI is InChI=1S/C19H22N2O3/c1-13(21-12-15-7-5-14(11-20)6-8-15)16-9-17(22-2)19(24-4)18(10-16)23-3/h5-10,13,21H,12H2,1-4H3. The summed E-state index contributed by atoms with van der Waals surface area (Å²) in [6.07, 6.45) is 0. The Labute approximate surface area is 142 Å². The van der Waals surface area contributed by atoms with E-state index in [1.807, 2.05) is 36.4 Å². The molecular weight excluding hydrogens is 304 g/mol. The van der Waals surface area contributed by atoms with E-state index >= 15 is 0 Å². The zero-order valence-electron chi connectivity index (χ0n) is 14.4. The number of nitrogens with one attached hydrogen (secondary N) is 1. The van der Waals surface area contributed by atoms with Gasteiger partial charge in [-0.05, 0) is 42.3 Å². The van der Waals surface area contributed by atoms with Crippen LogP contribution >= 0.6 is 0 Å². The number of nitrogens with zero attached hydrogens (tertiary/aromatic N) is 1. The van der Waals surface area contributed by atoms with Crippen molar-refractivity contribution in [3.05, 3.63) is 53.1 Å². The van der Waals surface area contributed by atoms with Crippen LogP contribution in [0.2, 0.25) is 0 Å². The lowest BCUT2D eigenvalue weighted by Gasteiger charge is -2.19. The van der Waals surface area contributed by atoms with E-state index in [-0.39, 0.29) is 6.04 Å². The van der Waals surface area contributed by atoms with Crippen LogP contribution in [0.4, 0.5) is 0 Å². The van der Waals surface area contributed by atoms with Gasteiger partial charge in [0.1, 0.15) is 0 Å². The summed E-state index contributed by atoms with van der Waals surface area (Å²) in [6.45, 7) is 2.77. The van der Waals surface area contributed by atoms with Crippen molar-refractivity contribution in [3.8, 4) is 23.3 Å². The van der Waals surface area contributed by atoms with E-state index in [0.717, 1.165) is 11.1 Å². The highest BCUT2D eigenvalue weighted by molar-refractivity contribution is 5.54. The molecule has 0 aromatic heterocycles. The highest BCUT2D eigenvalue weighted by Gasteiger charge is 2.16. The molecule has 0 radical (unpaired) electrons. The highest BCUT2D eigenvalue weighted by Crippen LogP contribution is 2.39. The maximum Gasteiger partial charge on any atom is 0.203 e. The average molecular weight is 326 g/mol. The lowest BCUT2D eigenvalue weighted by atomic mass is 10.1. The lowest BCUT2D eigenvalue weighted by molar-refractivity contribution is 0.323. The zero-order valence-corrected chi connectivity index (χ0v) is 14.4. The van der Waals surface area contributed by atoms with E-state index in [9.17, 15) is 0 Å². The molecule has 5 heteroatoms. The molecule has 0 saturated heterocycles. The van der Waals surface area contributed by atoms with E-state index in [4.69, 9.17) is 19.5 Å². The maximum absolute atomic E-state index is 8.84. The van der Waals surface area contributed by atoms with E-state index in [2.05, 4.69) is 18.3 Å². The molecule has 0 aliphatic rings. The summed E-state index contributed by atoms with van der Waals surface area (Å²) in [4.78, 5) is 0. The molecule has 0 amide bonds. The number of rotatable bonds is 7. The summed E-state index contributed by atoms with van der Waals surface area (Å²) >= 11 is 0. The van der Waals surface area contributed by atoms with Crippen molar-refractivity contribution in [1.82, 2.24) is 5.32 Å². The van der Waals surface area contributed by atoms with Crippen molar-refractivity contribution in [1.29, 1.82) is 5.26 Å². The Morgan fingerprint density at radius 2 is 1.58 bits per heavy atom. The Hall–Kier alpha value is -2.71. The van der Waals surface area contributed by atoms with Gasteiger partial charge in [-0.2, -0.15) is 5.26 Å². The largest absolute Gasteiger partial charge is 0.493 e. The SMILES string of the molecule is COc1cc(C(C)NCc2ccc(C#N)cc2)cc(OC)c1OC. The third-order valence-corrected chi connectivity index (χ3v) is 3.88. The van der Waals surface area contributed by atoms with Gasteiger partial charge >= 0.3 is 0 Å². The first-order valence-corrected chi connectivity index (χ1v) is 7.65. The van der Waals surface area contributed by atoms with Gasteiger partial charge in [0.25, 0.3) is 0 Å². The van der Waals surface area contributed by atoms with Crippen molar-refractivity contribution in [3.63, 3.8) is 0 Å². The van der Waals surface area contributed by atoms with Crippen LogP contribution in [0.5, 0.6) is 17.2 Å². The second kappa shape index (κ2) is 8.23. The van der Waals surface area contributed by atoms with Gasteiger partial charge < -0.3 is 19.5 Å². The summed E-state index contributed by atoms with van der Waals surface area (Å²) in [6, 6.07) is 13.6. The van der Waals surface area contributed by atoms with Gasteiger partial charge in [0.15, 0.2) is 11.5 Å². The number of ether oxygens (including phenoxy) is 3. The topological polar surface area (TPSA) is 63.5 Å². The molecule has 0 aliphatic heterocycles. The van der Waals surface area contributed by atoms with E-state index in [0.29, 0.717) is 29.4 Å². The van der Waals surface area contributed by atoms with Gasteiger partial charge in [-0.1, -0.05) is 12.1 Å². The molecule has 0 saturated carbocycles. The number of nitriles is 1. The smallest absolute Gasteiger partial charge is 0.203 e. The molecular formula is C19H22N2O3. The van der Waals surface area contributed by atoms with Crippen LogP contribution in [0.25, 0.3) is 0 Å². The second-order valence-corrected chi connectivity index (χ2v) is 5.37. The molecule has 126 valence electrons. The zero-order chi connectivity index (χ0) is 17.5. The van der Waals surface area contributed by atoms with Crippen LogP contribution in [0, 0.1) is 11.3 Å². The number of methoxy groups -OCH3 is 3. The van der Waals surface area contributed by atoms with Crippen LogP contribution in [-0.2, 0) is 6.54 Å². The van der Waals surface area contributed by atoms with E-state index in [1.165, 1.54) is 0 Å². The summed E-state index contributed by atoms with van der Waals surface area (Å²) in [5.74, 6) is 1.86. The Morgan fingerprint density at radius 1 is 1.00 bits per heavy atom. The Morgan fingerprint density at radius 3 is 2.04 bits per heavy atom. The molecule has 2 rings (SSSR count). The monoisotopic (exact) mass is 326 g/mol. The summed E-state index contributed by atoms with van der Waals surface area (Å²) in [7, 11) is 4.80. The predicted octanol–water partition coefficient (Wildman–Crippen LogP) is 3.43. The molecule has 1 unspecified atom stereocenters. The molecule has 0 spiro atoms. The summed E-state index contributed by atoms with van der Waals surface area (Å²) in [5.41, 5.74) is 2.82. The Bertz CT molecular complexity index is 695. The quantitative estimate of drug-likeness (QED) is 0.844. The lowest BCUT2D eigenvalue weighted by Crippen LogP contribution is -2.18. The summed E-state index contributed by atoms with van der Waals surface area (Å²) < 4.78 is 16.1. The molecule has 5 nitrogen and oxygen atoms in total. The molecule has 1 N–H and O–H groups in total. The minimum atomic E-state index is 0.0920. The molecule has 0 heterocycles. The van der Waals surface area contributed by atoms with Crippen molar-refractivity contribution in [2.45, 2.75) is 19.5 Å². The number of hydrogen-bond donors (Lipinski definition) is 1. The molecule has 0 aliphatic carbocycles. The second-order valence-electron chi connectivity index (χ2n) is 5.37. The number of benzene rings is 2. The van der Waals surface area contributed by atoms with Gasteiger partial charge in [-0.25, -0.2) is 0 Å². The van der Waals surface area contributed by atoms with Gasteiger partial charge in [-0.15, -0.1) is 0 Å². The fraction of sp³-hybridized carbons (Fsp3) is 0.316. The fourth-order valence-electron chi connectivity index (χ4n) is 2.44. The van der Waals surface area contributed by atoms with Crippen LogP contribution in [-0.4, -0.2) is 21.3 Å². The normalized spacial score (nSPS) is 11.5. The molecule has 0 bridgehead atoms. The third kappa shape index (κ3) is 3.98. The van der Waals surface area contributed by atoms with E-state index in [1.54, 1.807) is 21.3 Å². The predicted molar refractivity (Wildman–Crippen MR) is 92.5 cm³/mol. The maximum atomic E-state index is 8.84. The first-order chi connectivity index (χ1) is 11.6. The highest BCUT2D eigenvalue weighted by atomic mass is 16.5. The van der Waals surface area contributed by atoms with Crippen LogP contribution in [0.15, 0.2) is 36.4 Å². The summed E-state index contributed by atoms with van der Waals surface area (Å²) in [5, 5.41) is 12.3. The van der Waals surface area contributed by atoms with E-state index < -0.39 is 0 Å². The van der Waals surface area contributed by atoms with Gasteiger partial charge in [0.05, 0.1) is 33.0 Å². The van der Waals surface area contributed by atoms with Crippen molar-refractivity contribution in [2.75, 3.05) is 21.3 Å². The fourth-order valence-corrected chi connectivity index (χ4v) is 2.44. The first kappa shape index (κ1) is 17.6. The van der Waals surface area contributed by atoms with Crippen molar-refractivity contribution in [2.24, 2.45) is 0 Å². The van der Waals surface area contributed by atoms with Crippen molar-refractivity contribution >= 4 is 0 Å². The first-order valence-electron chi connectivity index (χ1n) is 7.65. The molecule has 2 aromatic rings. The average Bonchev–Trinajstić information content (AvgIpc) is 2.65. The molecule has 1 atom stereocenters. The van der Waals surface area contributed by atoms with Gasteiger partial charge in [0, 0.05) is 12.6 Å². The third-order valence-electron chi connectivity index (χ3n) is 3.88. The van der Waals surface area contributed by atoms with Gasteiger partial charge in [0.2, 0.25) is 5.75 Å². The van der Waals surface area contributed by atoms with Crippen LogP contribution in [0.1, 0.15) is 29.7 Å². The molecule has 2 aromatic carbocycles. The van der Waals surface area contributed by atoms with Crippen molar-refractivity contribution < 1.29 is 14.2 Å². The minimum Gasteiger partial charge on any atom is -0.493 e. The molecule has 24 heavy (non-hydrogen) atoms. The Balaban J connectivity index is 2.13. The Kier molecular flexibility index (Phi) is 6.05. The molecule has 0 fully saturated rings. The van der Waals surface area contributed by atoms with Gasteiger partial charge in [-0.3, -0.25) is 0 Å². The number of hydrogen-bond acceptors (Lipinski definition) is 5. The minimum absolute atomic E-state index is 0.0920.